The van der Waals surface area contributed by atoms with Gasteiger partial charge in [0.05, 0.1) is 13.2 Å². The molecule has 0 atom stereocenters. The van der Waals surface area contributed by atoms with Crippen molar-refractivity contribution in [1.82, 2.24) is 5.32 Å². The van der Waals surface area contributed by atoms with E-state index < -0.39 is 0 Å². The van der Waals surface area contributed by atoms with Crippen LogP contribution < -0.4 is 5.32 Å². The molecular formula is C8H10BrNO. The zero-order valence-corrected chi connectivity index (χ0v) is 7.78. The summed E-state index contributed by atoms with van der Waals surface area (Å²) in [6.45, 7) is 1.58. The molecular weight excluding hydrogens is 206 g/mol. The van der Waals surface area contributed by atoms with Gasteiger partial charge in [0.1, 0.15) is 0 Å². The van der Waals surface area contributed by atoms with E-state index >= 15 is 0 Å². The SMILES string of the molecule is BrCC1=CCC2=C(COC2)N1. The fourth-order valence-corrected chi connectivity index (χ4v) is 1.72. The zero-order chi connectivity index (χ0) is 7.68. The van der Waals surface area contributed by atoms with Crippen molar-refractivity contribution in [1.29, 1.82) is 0 Å². The Bertz CT molecular complexity index is 232. The molecule has 2 rings (SSSR count). The molecule has 0 spiro atoms. The molecule has 2 nitrogen and oxygen atoms in total. The Labute approximate surface area is 74.4 Å². The van der Waals surface area contributed by atoms with Gasteiger partial charge in [0.25, 0.3) is 0 Å². The first-order chi connectivity index (χ1) is 5.40. The van der Waals surface area contributed by atoms with Crippen LogP contribution in [0.4, 0.5) is 0 Å². The average molecular weight is 216 g/mol. The summed E-state index contributed by atoms with van der Waals surface area (Å²) < 4.78 is 5.30. The molecule has 0 aromatic carbocycles. The average Bonchev–Trinajstić information content (AvgIpc) is 2.50. The van der Waals surface area contributed by atoms with Gasteiger partial charge in [-0.2, -0.15) is 0 Å². The van der Waals surface area contributed by atoms with E-state index in [1.165, 1.54) is 17.0 Å². The van der Waals surface area contributed by atoms with Crippen molar-refractivity contribution >= 4 is 15.9 Å². The molecule has 0 aromatic heterocycles. The van der Waals surface area contributed by atoms with Crippen molar-refractivity contribution in [3.63, 3.8) is 0 Å². The molecule has 0 unspecified atom stereocenters. The van der Waals surface area contributed by atoms with Gasteiger partial charge in [0.2, 0.25) is 0 Å². The minimum atomic E-state index is 0.764. The van der Waals surface area contributed by atoms with Gasteiger partial charge in [-0.15, -0.1) is 0 Å². The van der Waals surface area contributed by atoms with Gasteiger partial charge in [-0.3, -0.25) is 0 Å². The summed E-state index contributed by atoms with van der Waals surface area (Å²) in [5.41, 5.74) is 3.95. The molecule has 2 heterocycles. The predicted octanol–water partition coefficient (Wildman–Crippen LogP) is 1.54. The van der Waals surface area contributed by atoms with Gasteiger partial charge in [-0.25, -0.2) is 0 Å². The second-order valence-electron chi connectivity index (χ2n) is 2.77. The molecule has 1 N–H and O–H groups in total. The Hall–Kier alpha value is -0.280. The molecule has 0 amide bonds. The summed E-state index contributed by atoms with van der Waals surface area (Å²) in [7, 11) is 0. The lowest BCUT2D eigenvalue weighted by Crippen LogP contribution is -2.19. The van der Waals surface area contributed by atoms with Crippen LogP contribution in [0.2, 0.25) is 0 Å². The number of ether oxygens (including phenoxy) is 1. The summed E-state index contributed by atoms with van der Waals surface area (Å²) in [6.07, 6.45) is 3.27. The fourth-order valence-electron chi connectivity index (χ4n) is 1.35. The summed E-state index contributed by atoms with van der Waals surface area (Å²) in [5.74, 6) is 0. The van der Waals surface area contributed by atoms with Gasteiger partial charge in [0, 0.05) is 16.7 Å². The fraction of sp³-hybridized carbons (Fsp3) is 0.500. The molecule has 2 aliphatic rings. The van der Waals surface area contributed by atoms with Crippen LogP contribution in [-0.2, 0) is 4.74 Å². The molecule has 0 radical (unpaired) electrons. The highest BCUT2D eigenvalue weighted by atomic mass is 79.9. The number of hydrogen-bond acceptors (Lipinski definition) is 2. The highest BCUT2D eigenvalue weighted by Crippen LogP contribution is 2.21. The first-order valence-electron chi connectivity index (χ1n) is 3.71. The highest BCUT2D eigenvalue weighted by molar-refractivity contribution is 9.09. The van der Waals surface area contributed by atoms with E-state index in [2.05, 4.69) is 27.3 Å². The Morgan fingerprint density at radius 3 is 3.27 bits per heavy atom. The maximum absolute atomic E-state index is 5.30. The van der Waals surface area contributed by atoms with Crippen LogP contribution in [0.15, 0.2) is 23.0 Å². The second kappa shape index (κ2) is 2.99. The van der Waals surface area contributed by atoms with E-state index in [0.717, 1.165) is 25.0 Å². The smallest absolute Gasteiger partial charge is 0.0870 e. The van der Waals surface area contributed by atoms with Crippen LogP contribution in [0.1, 0.15) is 6.42 Å². The second-order valence-corrected chi connectivity index (χ2v) is 3.33. The minimum Gasteiger partial charge on any atom is -0.371 e. The Kier molecular flexibility index (Phi) is 2.00. The van der Waals surface area contributed by atoms with Crippen molar-refractivity contribution in [2.24, 2.45) is 0 Å². The number of rotatable bonds is 1. The van der Waals surface area contributed by atoms with E-state index in [1.807, 2.05) is 0 Å². The predicted molar refractivity (Wildman–Crippen MR) is 47.5 cm³/mol. The first-order valence-corrected chi connectivity index (χ1v) is 4.83. The third kappa shape index (κ3) is 1.35. The van der Waals surface area contributed by atoms with Crippen LogP contribution in [0.3, 0.4) is 0 Å². The third-order valence-corrected chi connectivity index (χ3v) is 2.60. The largest absolute Gasteiger partial charge is 0.371 e. The van der Waals surface area contributed by atoms with E-state index in [1.54, 1.807) is 0 Å². The number of allylic oxidation sites excluding steroid dienone is 2. The number of hydrogen-bond donors (Lipinski definition) is 1. The number of alkyl halides is 1. The van der Waals surface area contributed by atoms with E-state index in [0.29, 0.717) is 0 Å². The number of halogens is 1. The normalized spacial score (nSPS) is 22.8. The third-order valence-electron chi connectivity index (χ3n) is 2.00. The molecule has 0 aromatic rings. The zero-order valence-electron chi connectivity index (χ0n) is 6.19. The number of nitrogens with one attached hydrogen (secondary N) is 1. The molecule has 0 saturated heterocycles. The molecule has 0 saturated carbocycles. The van der Waals surface area contributed by atoms with Crippen molar-refractivity contribution in [3.8, 4) is 0 Å². The van der Waals surface area contributed by atoms with Crippen LogP contribution in [0.25, 0.3) is 0 Å². The molecule has 60 valence electrons. The lowest BCUT2D eigenvalue weighted by molar-refractivity contribution is 0.202. The maximum Gasteiger partial charge on any atom is 0.0870 e. The standard InChI is InChI=1S/C8H10BrNO/c9-3-7-2-1-6-4-11-5-8(6)10-7/h2,10H,1,3-5H2. The van der Waals surface area contributed by atoms with Gasteiger partial charge in [-0.1, -0.05) is 22.0 Å². The van der Waals surface area contributed by atoms with Gasteiger partial charge >= 0.3 is 0 Å². The first kappa shape index (κ1) is 7.37. The molecule has 0 aliphatic carbocycles. The van der Waals surface area contributed by atoms with Gasteiger partial charge < -0.3 is 10.1 Å². The summed E-state index contributed by atoms with van der Waals surface area (Å²) >= 11 is 3.41. The summed E-state index contributed by atoms with van der Waals surface area (Å²) in [6, 6.07) is 0. The van der Waals surface area contributed by atoms with Crippen molar-refractivity contribution in [3.05, 3.63) is 23.0 Å². The quantitative estimate of drug-likeness (QED) is 0.671. The van der Waals surface area contributed by atoms with E-state index in [9.17, 15) is 0 Å². The molecule has 11 heavy (non-hydrogen) atoms. The van der Waals surface area contributed by atoms with Crippen molar-refractivity contribution in [2.45, 2.75) is 6.42 Å². The van der Waals surface area contributed by atoms with E-state index in [-0.39, 0.29) is 0 Å². The summed E-state index contributed by atoms with van der Waals surface area (Å²) in [5, 5.41) is 4.24. The van der Waals surface area contributed by atoms with Gasteiger partial charge in [0.15, 0.2) is 0 Å². The van der Waals surface area contributed by atoms with Crippen molar-refractivity contribution < 1.29 is 4.74 Å². The lowest BCUT2D eigenvalue weighted by Gasteiger charge is -2.15. The van der Waals surface area contributed by atoms with Crippen LogP contribution in [-0.4, -0.2) is 18.5 Å². The molecule has 3 heteroatoms. The Morgan fingerprint density at radius 1 is 1.55 bits per heavy atom. The Morgan fingerprint density at radius 2 is 2.45 bits per heavy atom. The maximum atomic E-state index is 5.30. The topological polar surface area (TPSA) is 21.3 Å². The van der Waals surface area contributed by atoms with Crippen LogP contribution in [0.5, 0.6) is 0 Å². The van der Waals surface area contributed by atoms with E-state index in [4.69, 9.17) is 4.74 Å². The number of dihydropyridines is 1. The lowest BCUT2D eigenvalue weighted by atomic mass is 10.1. The van der Waals surface area contributed by atoms with Crippen LogP contribution in [0, 0.1) is 0 Å². The molecule has 0 fully saturated rings. The van der Waals surface area contributed by atoms with Crippen LogP contribution >= 0.6 is 15.9 Å². The molecule has 0 bridgehead atoms. The highest BCUT2D eigenvalue weighted by Gasteiger charge is 2.17. The van der Waals surface area contributed by atoms with Gasteiger partial charge in [-0.05, 0) is 12.0 Å². The molecule has 2 aliphatic heterocycles. The van der Waals surface area contributed by atoms with Crippen molar-refractivity contribution in [2.75, 3.05) is 18.5 Å². The monoisotopic (exact) mass is 215 g/mol. The Balaban J connectivity index is 2.10. The minimum absolute atomic E-state index is 0.764. The summed E-state index contributed by atoms with van der Waals surface area (Å²) in [4.78, 5) is 0.